The highest BCUT2D eigenvalue weighted by molar-refractivity contribution is 7.89. The SMILES string of the molecule is COc1ccc(C(=O)Nc2ccc(C)c(-n3nnnc3C)c2)cc1S(=O)(=O)NC(C)(C)C. The first kappa shape index (κ1) is 23.4. The van der Waals surface area contributed by atoms with Gasteiger partial charge in [-0.2, -0.15) is 4.68 Å². The molecule has 1 aromatic heterocycles. The molecule has 0 bridgehead atoms. The zero-order chi connectivity index (χ0) is 23.7. The van der Waals surface area contributed by atoms with Crippen molar-refractivity contribution < 1.29 is 17.9 Å². The molecule has 0 aliphatic carbocycles. The van der Waals surface area contributed by atoms with Gasteiger partial charge in [0.05, 0.1) is 12.8 Å². The fraction of sp³-hybridized carbons (Fsp3) is 0.333. The van der Waals surface area contributed by atoms with E-state index in [1.165, 1.54) is 25.3 Å². The average molecular weight is 459 g/mol. The number of nitrogens with zero attached hydrogens (tertiary/aromatic N) is 4. The Bertz CT molecular complexity index is 1260. The fourth-order valence-corrected chi connectivity index (χ4v) is 4.67. The summed E-state index contributed by atoms with van der Waals surface area (Å²) in [6.45, 7) is 8.87. The van der Waals surface area contributed by atoms with Gasteiger partial charge in [0.2, 0.25) is 10.0 Å². The summed E-state index contributed by atoms with van der Waals surface area (Å²) in [7, 11) is -2.54. The van der Waals surface area contributed by atoms with Gasteiger partial charge < -0.3 is 10.1 Å². The molecule has 1 amide bonds. The summed E-state index contributed by atoms with van der Waals surface area (Å²) in [6.07, 6.45) is 0. The summed E-state index contributed by atoms with van der Waals surface area (Å²) in [4.78, 5) is 12.8. The first-order valence-corrected chi connectivity index (χ1v) is 11.3. The Morgan fingerprint density at radius 1 is 1.09 bits per heavy atom. The predicted octanol–water partition coefficient (Wildman–Crippen LogP) is 2.62. The number of methoxy groups -OCH3 is 1. The Balaban J connectivity index is 1.93. The van der Waals surface area contributed by atoms with Crippen LogP contribution in [-0.4, -0.2) is 47.2 Å². The molecule has 0 radical (unpaired) electrons. The minimum atomic E-state index is -3.92. The van der Waals surface area contributed by atoms with E-state index >= 15 is 0 Å². The van der Waals surface area contributed by atoms with Gasteiger partial charge >= 0.3 is 0 Å². The van der Waals surface area contributed by atoms with Crippen LogP contribution in [0.2, 0.25) is 0 Å². The Kier molecular flexibility index (Phi) is 6.33. The summed E-state index contributed by atoms with van der Waals surface area (Å²) < 4.78 is 35.1. The molecule has 0 spiro atoms. The molecule has 3 aromatic rings. The quantitative estimate of drug-likeness (QED) is 0.581. The van der Waals surface area contributed by atoms with Gasteiger partial charge in [-0.25, -0.2) is 13.1 Å². The molecule has 0 saturated heterocycles. The van der Waals surface area contributed by atoms with Crippen molar-refractivity contribution in [2.75, 3.05) is 12.4 Å². The highest BCUT2D eigenvalue weighted by Crippen LogP contribution is 2.27. The Hall–Kier alpha value is -3.31. The van der Waals surface area contributed by atoms with Crippen molar-refractivity contribution in [2.24, 2.45) is 0 Å². The van der Waals surface area contributed by atoms with Crippen LogP contribution < -0.4 is 14.8 Å². The first-order valence-electron chi connectivity index (χ1n) is 9.80. The molecule has 0 aliphatic rings. The number of benzene rings is 2. The van der Waals surface area contributed by atoms with Gasteiger partial charge in [-0.05, 0) is 80.9 Å². The number of nitrogens with one attached hydrogen (secondary N) is 2. The number of sulfonamides is 1. The van der Waals surface area contributed by atoms with Gasteiger partial charge in [-0.3, -0.25) is 4.79 Å². The average Bonchev–Trinajstić information content (AvgIpc) is 3.12. The van der Waals surface area contributed by atoms with Gasteiger partial charge in [0.25, 0.3) is 5.91 Å². The second-order valence-electron chi connectivity index (χ2n) is 8.31. The van der Waals surface area contributed by atoms with E-state index in [0.29, 0.717) is 11.5 Å². The van der Waals surface area contributed by atoms with E-state index in [4.69, 9.17) is 4.74 Å². The van der Waals surface area contributed by atoms with Crippen molar-refractivity contribution in [3.05, 3.63) is 53.3 Å². The van der Waals surface area contributed by atoms with E-state index in [9.17, 15) is 13.2 Å². The molecule has 10 nitrogen and oxygen atoms in total. The van der Waals surface area contributed by atoms with Crippen molar-refractivity contribution in [3.63, 3.8) is 0 Å². The minimum absolute atomic E-state index is 0.114. The number of hydrogen-bond acceptors (Lipinski definition) is 7. The predicted molar refractivity (Wildman–Crippen MR) is 120 cm³/mol. The molecule has 32 heavy (non-hydrogen) atoms. The molecule has 3 rings (SSSR count). The zero-order valence-electron chi connectivity index (χ0n) is 18.8. The van der Waals surface area contributed by atoms with E-state index in [0.717, 1.165) is 11.3 Å². The summed E-state index contributed by atoms with van der Waals surface area (Å²) in [5, 5.41) is 14.3. The van der Waals surface area contributed by atoms with Gasteiger partial charge in [-0.1, -0.05) is 6.07 Å². The number of hydrogen-bond donors (Lipinski definition) is 2. The number of anilines is 1. The lowest BCUT2D eigenvalue weighted by Crippen LogP contribution is -2.40. The van der Waals surface area contributed by atoms with E-state index in [-0.39, 0.29) is 16.2 Å². The minimum Gasteiger partial charge on any atom is -0.495 e. The van der Waals surface area contributed by atoms with Crippen LogP contribution in [0.1, 0.15) is 42.5 Å². The monoisotopic (exact) mass is 458 g/mol. The third kappa shape index (κ3) is 5.11. The topological polar surface area (TPSA) is 128 Å². The summed E-state index contributed by atoms with van der Waals surface area (Å²) in [5.74, 6) is 0.279. The maximum Gasteiger partial charge on any atom is 0.255 e. The number of aryl methyl sites for hydroxylation is 2. The lowest BCUT2D eigenvalue weighted by Gasteiger charge is -2.21. The summed E-state index contributed by atoms with van der Waals surface area (Å²) in [5.41, 5.74) is 1.62. The van der Waals surface area contributed by atoms with Crippen LogP contribution >= 0.6 is 0 Å². The molecule has 0 unspecified atom stereocenters. The van der Waals surface area contributed by atoms with E-state index < -0.39 is 21.5 Å². The van der Waals surface area contributed by atoms with Crippen molar-refractivity contribution in [1.29, 1.82) is 0 Å². The van der Waals surface area contributed by atoms with E-state index in [2.05, 4.69) is 25.6 Å². The number of carbonyl (C=O) groups is 1. The normalized spacial score (nSPS) is 11.9. The summed E-state index contributed by atoms with van der Waals surface area (Å²) in [6, 6.07) is 9.59. The van der Waals surface area contributed by atoms with Gasteiger partial charge in [0, 0.05) is 16.8 Å². The van der Waals surface area contributed by atoms with Crippen LogP contribution in [0, 0.1) is 13.8 Å². The highest BCUT2D eigenvalue weighted by Gasteiger charge is 2.26. The third-order valence-electron chi connectivity index (χ3n) is 4.48. The molecule has 0 atom stereocenters. The molecule has 170 valence electrons. The van der Waals surface area contributed by atoms with Gasteiger partial charge in [0.15, 0.2) is 5.82 Å². The number of tetrazole rings is 1. The largest absolute Gasteiger partial charge is 0.495 e. The Labute approximate surface area is 187 Å². The van der Waals surface area contributed by atoms with Crippen LogP contribution in [0.15, 0.2) is 41.3 Å². The van der Waals surface area contributed by atoms with Gasteiger partial charge in [-0.15, -0.1) is 5.10 Å². The molecule has 0 aliphatic heterocycles. The van der Waals surface area contributed by atoms with Crippen LogP contribution in [0.5, 0.6) is 5.75 Å². The van der Waals surface area contributed by atoms with Crippen molar-refractivity contribution in [1.82, 2.24) is 24.9 Å². The number of rotatable bonds is 6. The van der Waals surface area contributed by atoms with Crippen LogP contribution in [0.4, 0.5) is 5.69 Å². The molecule has 11 heteroatoms. The Morgan fingerprint density at radius 3 is 2.41 bits per heavy atom. The number of ether oxygens (including phenoxy) is 1. The maximum atomic E-state index is 12.9. The smallest absolute Gasteiger partial charge is 0.255 e. The third-order valence-corrected chi connectivity index (χ3v) is 6.26. The lowest BCUT2D eigenvalue weighted by atomic mass is 10.1. The van der Waals surface area contributed by atoms with Gasteiger partial charge in [0.1, 0.15) is 10.6 Å². The second kappa shape index (κ2) is 8.67. The molecular weight excluding hydrogens is 432 g/mol. The Morgan fingerprint density at radius 2 is 1.81 bits per heavy atom. The second-order valence-corrected chi connectivity index (χ2v) is 9.97. The van der Waals surface area contributed by atoms with E-state index in [1.54, 1.807) is 44.5 Å². The molecule has 2 N–H and O–H groups in total. The number of aromatic nitrogens is 4. The van der Waals surface area contributed by atoms with Crippen LogP contribution in [0.25, 0.3) is 5.69 Å². The molecule has 0 fully saturated rings. The van der Waals surface area contributed by atoms with E-state index in [1.807, 2.05) is 13.0 Å². The molecular formula is C21H26N6O4S. The molecule has 0 saturated carbocycles. The first-order chi connectivity index (χ1) is 14.9. The van der Waals surface area contributed by atoms with Crippen molar-refractivity contribution in [3.8, 4) is 11.4 Å². The fourth-order valence-electron chi connectivity index (χ4n) is 3.06. The zero-order valence-corrected chi connectivity index (χ0v) is 19.6. The number of amides is 1. The summed E-state index contributed by atoms with van der Waals surface area (Å²) >= 11 is 0. The highest BCUT2D eigenvalue weighted by atomic mass is 32.2. The van der Waals surface area contributed by atoms with Crippen LogP contribution in [0.3, 0.4) is 0 Å². The lowest BCUT2D eigenvalue weighted by molar-refractivity contribution is 0.102. The number of carbonyl (C=O) groups excluding carboxylic acids is 1. The molecule has 2 aromatic carbocycles. The molecule has 1 heterocycles. The van der Waals surface area contributed by atoms with Crippen LogP contribution in [-0.2, 0) is 10.0 Å². The van der Waals surface area contributed by atoms with Crippen molar-refractivity contribution in [2.45, 2.75) is 45.1 Å². The standard InChI is InChI=1S/C21H26N6O4S/c1-13-7-9-16(12-17(13)27-14(2)23-25-26-27)22-20(28)15-8-10-18(31-6)19(11-15)32(29,30)24-21(3,4)5/h7-12,24H,1-6H3,(H,22,28). The van der Waals surface area contributed by atoms with Crippen molar-refractivity contribution >= 4 is 21.6 Å². The maximum absolute atomic E-state index is 12.9.